The van der Waals surface area contributed by atoms with Crippen LogP contribution in [0.4, 0.5) is 19.0 Å². The molecule has 2 rings (SSSR count). The first-order valence-electron chi connectivity index (χ1n) is 5.89. The Kier molecular flexibility index (Phi) is 3.74. The zero-order valence-electron chi connectivity index (χ0n) is 10.6. The number of nitrogens with zero attached hydrogens (tertiary/aromatic N) is 2. The second-order valence-corrected chi connectivity index (χ2v) is 4.76. The minimum absolute atomic E-state index is 0.569. The average molecular weight is 293 g/mol. The maximum absolute atomic E-state index is 14.2. The van der Waals surface area contributed by atoms with Gasteiger partial charge in [-0.2, -0.15) is 4.98 Å². The maximum atomic E-state index is 14.2. The number of aliphatic hydroxyl groups is 1. The van der Waals surface area contributed by atoms with Crippen molar-refractivity contribution in [1.29, 1.82) is 0 Å². The van der Waals surface area contributed by atoms with Crippen LogP contribution in [0.3, 0.4) is 0 Å². The summed E-state index contributed by atoms with van der Waals surface area (Å²) in [6, 6.07) is 0. The smallest absolute Gasteiger partial charge is 0.351 e. The lowest BCUT2D eigenvalue weighted by molar-refractivity contribution is -0.123. The van der Waals surface area contributed by atoms with Gasteiger partial charge in [0.1, 0.15) is 12.3 Å². The predicted octanol–water partition coefficient (Wildman–Crippen LogP) is 0.168. The lowest BCUT2D eigenvalue weighted by Gasteiger charge is -2.27. The van der Waals surface area contributed by atoms with Crippen LogP contribution in [0.15, 0.2) is 11.0 Å². The van der Waals surface area contributed by atoms with Crippen LogP contribution < -0.4 is 11.4 Å². The zero-order chi connectivity index (χ0) is 15.1. The number of aromatic nitrogens is 2. The summed E-state index contributed by atoms with van der Waals surface area (Å²) in [6.45, 7) is -0.560. The van der Waals surface area contributed by atoms with Crippen molar-refractivity contribution in [2.24, 2.45) is 5.92 Å². The normalized spacial score (nSPS) is 33.5. The number of nitrogens with two attached hydrogens (primary N) is 1. The molecule has 9 heteroatoms. The Morgan fingerprint density at radius 2 is 2.30 bits per heavy atom. The van der Waals surface area contributed by atoms with Gasteiger partial charge in [0.25, 0.3) is 0 Å². The van der Waals surface area contributed by atoms with E-state index in [1.54, 1.807) is 0 Å². The summed E-state index contributed by atoms with van der Waals surface area (Å²) in [6.07, 6.45) is -2.72. The van der Waals surface area contributed by atoms with Gasteiger partial charge in [0.2, 0.25) is 0 Å². The fraction of sp³-hybridized carbons (Fsp3) is 0.636. The Hall–Kier alpha value is -1.61. The number of hydrogen-bond donors (Lipinski definition) is 2. The molecule has 0 unspecified atom stereocenters. The fourth-order valence-electron chi connectivity index (χ4n) is 2.18. The van der Waals surface area contributed by atoms with Gasteiger partial charge in [0, 0.05) is 5.92 Å². The molecule has 0 amide bonds. The third-order valence-corrected chi connectivity index (χ3v) is 3.64. The molecule has 4 atom stereocenters. The van der Waals surface area contributed by atoms with Gasteiger partial charge in [0.05, 0.1) is 12.8 Å². The molecule has 0 bridgehead atoms. The second-order valence-electron chi connectivity index (χ2n) is 4.76. The first-order chi connectivity index (χ1) is 9.36. The number of alkyl halides is 2. The molecular weight excluding hydrogens is 279 g/mol. The molecule has 0 saturated carbocycles. The predicted molar refractivity (Wildman–Crippen MR) is 62.8 cm³/mol. The molecule has 112 valence electrons. The van der Waals surface area contributed by atoms with Crippen molar-refractivity contribution in [1.82, 2.24) is 9.55 Å². The molecule has 1 saturated heterocycles. The monoisotopic (exact) mass is 293 g/mol. The summed E-state index contributed by atoms with van der Waals surface area (Å²) < 4.78 is 46.3. The largest absolute Gasteiger partial charge is 0.393 e. The molecular formula is C11H14F3N3O3. The number of halogens is 3. The van der Waals surface area contributed by atoms with Crippen LogP contribution in [-0.2, 0) is 4.74 Å². The highest BCUT2D eigenvalue weighted by Crippen LogP contribution is 2.43. The maximum Gasteiger partial charge on any atom is 0.351 e. The van der Waals surface area contributed by atoms with Gasteiger partial charge < -0.3 is 15.6 Å². The highest BCUT2D eigenvalue weighted by molar-refractivity contribution is 5.26. The van der Waals surface area contributed by atoms with Gasteiger partial charge in [-0.05, 0) is 0 Å². The van der Waals surface area contributed by atoms with Crippen LogP contribution in [0.2, 0.25) is 0 Å². The Bertz CT molecular complexity index is 562. The van der Waals surface area contributed by atoms with Crippen LogP contribution in [0.5, 0.6) is 0 Å². The summed E-state index contributed by atoms with van der Waals surface area (Å²) in [4.78, 5) is 14.8. The Morgan fingerprint density at radius 1 is 1.65 bits per heavy atom. The van der Waals surface area contributed by atoms with E-state index in [-0.39, 0.29) is 0 Å². The number of rotatable bonds is 3. The third kappa shape index (κ3) is 2.06. The molecule has 0 radical (unpaired) electrons. The number of hydrogen-bond acceptors (Lipinski definition) is 5. The second kappa shape index (κ2) is 5.06. The van der Waals surface area contributed by atoms with Crippen LogP contribution in [0.1, 0.15) is 13.2 Å². The topological polar surface area (TPSA) is 90.4 Å². The first kappa shape index (κ1) is 14.8. The van der Waals surface area contributed by atoms with E-state index in [2.05, 4.69) is 4.98 Å². The minimum Gasteiger partial charge on any atom is -0.393 e. The number of ether oxygens (including phenoxy) is 1. The van der Waals surface area contributed by atoms with Crippen LogP contribution in [-0.4, -0.2) is 39.7 Å². The molecule has 2 heterocycles. The quantitative estimate of drug-likeness (QED) is 0.829. The van der Waals surface area contributed by atoms with Crippen molar-refractivity contribution < 1.29 is 23.0 Å². The van der Waals surface area contributed by atoms with Gasteiger partial charge in [0.15, 0.2) is 24.0 Å². The minimum atomic E-state index is -1.81. The number of anilines is 1. The van der Waals surface area contributed by atoms with Crippen molar-refractivity contribution >= 4 is 5.82 Å². The molecule has 1 aromatic rings. The van der Waals surface area contributed by atoms with E-state index in [1.165, 1.54) is 6.92 Å². The van der Waals surface area contributed by atoms with E-state index in [0.29, 0.717) is 10.8 Å². The highest BCUT2D eigenvalue weighted by Gasteiger charge is 2.54. The average Bonchev–Trinajstić information content (AvgIpc) is 2.68. The van der Waals surface area contributed by atoms with Crippen molar-refractivity contribution in [2.75, 3.05) is 19.0 Å². The van der Waals surface area contributed by atoms with Gasteiger partial charge in [-0.3, -0.25) is 4.57 Å². The summed E-state index contributed by atoms with van der Waals surface area (Å²) in [5.74, 6) is -2.66. The van der Waals surface area contributed by atoms with E-state index in [1.807, 2.05) is 0 Å². The molecule has 20 heavy (non-hydrogen) atoms. The molecule has 1 aliphatic rings. The molecule has 0 aromatic carbocycles. The highest BCUT2D eigenvalue weighted by atomic mass is 19.1. The molecule has 1 fully saturated rings. The van der Waals surface area contributed by atoms with Crippen LogP contribution in [0.25, 0.3) is 0 Å². The molecule has 1 aliphatic heterocycles. The van der Waals surface area contributed by atoms with Crippen LogP contribution in [0, 0.1) is 11.7 Å². The molecule has 1 aromatic heterocycles. The van der Waals surface area contributed by atoms with Gasteiger partial charge in [-0.15, -0.1) is 0 Å². The lowest BCUT2D eigenvalue weighted by Crippen LogP contribution is -2.42. The number of aliphatic hydroxyl groups excluding tert-OH is 1. The Morgan fingerprint density at radius 3 is 2.80 bits per heavy atom. The van der Waals surface area contributed by atoms with Crippen molar-refractivity contribution in [3.8, 4) is 0 Å². The molecule has 6 nitrogen and oxygen atoms in total. The summed E-state index contributed by atoms with van der Waals surface area (Å²) in [7, 11) is 0. The summed E-state index contributed by atoms with van der Waals surface area (Å²) in [5, 5.41) is 9.21. The van der Waals surface area contributed by atoms with Gasteiger partial charge in [-0.1, -0.05) is 6.92 Å². The summed E-state index contributed by atoms with van der Waals surface area (Å²) >= 11 is 0. The van der Waals surface area contributed by atoms with E-state index < -0.39 is 54.5 Å². The Labute approximate surface area is 112 Å². The fourth-order valence-corrected chi connectivity index (χ4v) is 2.18. The molecule has 0 aliphatic carbocycles. The van der Waals surface area contributed by atoms with Gasteiger partial charge >= 0.3 is 5.69 Å². The SMILES string of the molecule is C[C@H]1[C@H](F)[C@H](n2cc(F)c(N)nc2=O)O[C@@]1(CO)CF. The lowest BCUT2D eigenvalue weighted by atomic mass is 9.89. The first-order valence-corrected chi connectivity index (χ1v) is 5.89. The van der Waals surface area contributed by atoms with Gasteiger partial charge in [-0.25, -0.2) is 18.0 Å². The van der Waals surface area contributed by atoms with E-state index >= 15 is 0 Å². The Balaban J connectivity index is 2.45. The van der Waals surface area contributed by atoms with Crippen LogP contribution >= 0.6 is 0 Å². The standard InChI is InChI=1S/C11H14F3N3O3/c1-5-7(14)9(20-11(5,3-12)4-18)17-2-6(13)8(15)16-10(17)19/h2,5,7,9,18H,3-4H2,1H3,(H2,15,16,19)/t5-,7-,9+,11+/m0/s1. The molecule has 0 spiro atoms. The van der Waals surface area contributed by atoms with Crippen molar-refractivity contribution in [3.63, 3.8) is 0 Å². The molecule has 3 N–H and O–H groups in total. The summed E-state index contributed by atoms with van der Waals surface area (Å²) in [5.41, 5.74) is 2.34. The van der Waals surface area contributed by atoms with E-state index in [4.69, 9.17) is 10.5 Å². The third-order valence-electron chi connectivity index (χ3n) is 3.64. The van der Waals surface area contributed by atoms with E-state index in [0.717, 1.165) is 0 Å². The number of nitrogen functional groups attached to an aromatic ring is 1. The van der Waals surface area contributed by atoms with Crippen molar-refractivity contribution in [2.45, 2.75) is 24.9 Å². The zero-order valence-corrected chi connectivity index (χ0v) is 10.6. The van der Waals surface area contributed by atoms with E-state index in [9.17, 15) is 23.1 Å². The van der Waals surface area contributed by atoms with Crippen molar-refractivity contribution in [3.05, 3.63) is 22.5 Å².